The molecule has 0 aliphatic heterocycles. The second kappa shape index (κ2) is 6.24. The van der Waals surface area contributed by atoms with E-state index in [4.69, 9.17) is 15.2 Å². The van der Waals surface area contributed by atoms with Crippen molar-refractivity contribution in [3.05, 3.63) is 42.0 Å². The normalized spacial score (nSPS) is 10.5. The minimum atomic E-state index is 0.438. The van der Waals surface area contributed by atoms with Crippen LogP contribution in [0.3, 0.4) is 0 Å². The summed E-state index contributed by atoms with van der Waals surface area (Å²) in [7, 11) is 3.60. The number of rotatable bonds is 6. The summed E-state index contributed by atoms with van der Waals surface area (Å²) in [5.74, 6) is 2.50. The summed E-state index contributed by atoms with van der Waals surface area (Å²) in [5.41, 5.74) is 6.52. The van der Waals surface area contributed by atoms with Crippen LogP contribution in [0, 0.1) is 0 Å². The highest BCUT2D eigenvalue weighted by Gasteiger charge is 2.05. The highest BCUT2D eigenvalue weighted by molar-refractivity contribution is 5.31. The predicted octanol–water partition coefficient (Wildman–Crippen LogP) is 1.51. The van der Waals surface area contributed by atoms with E-state index in [1.807, 2.05) is 42.1 Å². The van der Waals surface area contributed by atoms with Crippen LogP contribution in [0.1, 0.15) is 11.5 Å². The lowest BCUT2D eigenvalue weighted by molar-refractivity contribution is 0.291. The number of hydrogen-bond donors (Lipinski definition) is 1. The fourth-order valence-corrected chi connectivity index (χ4v) is 1.79. The summed E-state index contributed by atoms with van der Waals surface area (Å²) >= 11 is 0. The van der Waals surface area contributed by atoms with Crippen LogP contribution in [0.25, 0.3) is 0 Å². The lowest BCUT2D eigenvalue weighted by Gasteiger charge is -2.06. The first-order chi connectivity index (χ1) is 9.22. The number of aromatic nitrogens is 2. The van der Waals surface area contributed by atoms with Gasteiger partial charge in [0.25, 0.3) is 0 Å². The minimum absolute atomic E-state index is 0.438. The van der Waals surface area contributed by atoms with Crippen molar-refractivity contribution in [1.82, 2.24) is 9.55 Å². The van der Waals surface area contributed by atoms with E-state index in [-0.39, 0.29) is 0 Å². The van der Waals surface area contributed by atoms with Gasteiger partial charge in [-0.25, -0.2) is 4.98 Å². The minimum Gasteiger partial charge on any atom is -0.497 e. The molecule has 2 rings (SSSR count). The van der Waals surface area contributed by atoms with Crippen molar-refractivity contribution in [3.8, 4) is 11.5 Å². The predicted molar refractivity (Wildman–Crippen MR) is 73.3 cm³/mol. The van der Waals surface area contributed by atoms with Gasteiger partial charge in [-0.3, -0.25) is 0 Å². The molecule has 2 aromatic rings. The Hall–Kier alpha value is -2.01. The molecular weight excluding hydrogens is 242 g/mol. The third-order valence-corrected chi connectivity index (χ3v) is 2.85. The molecule has 0 amide bonds. The maximum atomic E-state index is 5.69. The van der Waals surface area contributed by atoms with Gasteiger partial charge in [-0.2, -0.15) is 0 Å². The number of nitrogens with zero attached hydrogens (tertiary/aromatic N) is 2. The van der Waals surface area contributed by atoms with E-state index in [9.17, 15) is 0 Å². The summed E-state index contributed by atoms with van der Waals surface area (Å²) in [6, 6.07) is 7.49. The van der Waals surface area contributed by atoms with Crippen molar-refractivity contribution in [1.29, 1.82) is 0 Å². The maximum Gasteiger partial charge on any atom is 0.146 e. The Labute approximate surface area is 113 Å². The monoisotopic (exact) mass is 261 g/mol. The molecule has 102 valence electrons. The van der Waals surface area contributed by atoms with E-state index in [1.165, 1.54) is 0 Å². The molecule has 0 spiro atoms. The van der Waals surface area contributed by atoms with Crippen molar-refractivity contribution in [2.45, 2.75) is 13.0 Å². The molecule has 0 saturated carbocycles. The van der Waals surface area contributed by atoms with E-state index in [1.54, 1.807) is 7.11 Å². The van der Waals surface area contributed by atoms with Crippen LogP contribution in [-0.2, 0) is 20.1 Å². The van der Waals surface area contributed by atoms with Gasteiger partial charge in [-0.05, 0) is 30.8 Å². The quantitative estimate of drug-likeness (QED) is 0.856. The zero-order valence-electron chi connectivity index (χ0n) is 11.3. The molecule has 1 aromatic heterocycles. The van der Waals surface area contributed by atoms with Gasteiger partial charge in [-0.15, -0.1) is 0 Å². The van der Waals surface area contributed by atoms with Crippen molar-refractivity contribution in [2.24, 2.45) is 12.8 Å². The Bertz CT molecular complexity index is 520. The third-order valence-electron chi connectivity index (χ3n) is 2.85. The molecule has 2 N–H and O–H groups in total. The smallest absolute Gasteiger partial charge is 0.146 e. The largest absolute Gasteiger partial charge is 0.497 e. The van der Waals surface area contributed by atoms with E-state index < -0.39 is 0 Å². The lowest BCUT2D eigenvalue weighted by Crippen LogP contribution is -2.04. The first kappa shape index (κ1) is 13.4. The van der Waals surface area contributed by atoms with Crippen LogP contribution in [-0.4, -0.2) is 23.2 Å². The molecule has 19 heavy (non-hydrogen) atoms. The summed E-state index contributed by atoms with van der Waals surface area (Å²) in [5, 5.41) is 0. The Morgan fingerprint density at radius 3 is 2.53 bits per heavy atom. The van der Waals surface area contributed by atoms with Crippen LogP contribution in [0.4, 0.5) is 0 Å². The Morgan fingerprint density at radius 2 is 1.89 bits per heavy atom. The fourth-order valence-electron chi connectivity index (χ4n) is 1.79. The van der Waals surface area contributed by atoms with Crippen LogP contribution < -0.4 is 15.2 Å². The van der Waals surface area contributed by atoms with E-state index >= 15 is 0 Å². The summed E-state index contributed by atoms with van der Waals surface area (Å²) < 4.78 is 12.8. The molecule has 5 heteroatoms. The molecule has 0 fully saturated rings. The number of imidazole rings is 1. The van der Waals surface area contributed by atoms with Gasteiger partial charge in [0.1, 0.15) is 23.9 Å². The maximum absolute atomic E-state index is 5.69. The van der Waals surface area contributed by atoms with Crippen molar-refractivity contribution >= 4 is 0 Å². The molecular formula is C14H19N3O2. The first-order valence-corrected chi connectivity index (χ1v) is 6.21. The van der Waals surface area contributed by atoms with Crippen molar-refractivity contribution < 1.29 is 9.47 Å². The number of hydrogen-bond acceptors (Lipinski definition) is 4. The van der Waals surface area contributed by atoms with Crippen LogP contribution >= 0.6 is 0 Å². The van der Waals surface area contributed by atoms with Gasteiger partial charge >= 0.3 is 0 Å². The zero-order chi connectivity index (χ0) is 13.7. The molecule has 0 atom stereocenters. The number of nitrogens with two attached hydrogens (primary N) is 1. The SMILES string of the molecule is COc1ccc(OCc2nc(CCN)cn2C)cc1. The molecule has 0 unspecified atom stereocenters. The molecule has 0 aliphatic rings. The van der Waals surface area contributed by atoms with Gasteiger partial charge in [0.05, 0.1) is 12.8 Å². The molecule has 5 nitrogen and oxygen atoms in total. The van der Waals surface area contributed by atoms with Gasteiger partial charge in [0, 0.05) is 19.7 Å². The zero-order valence-corrected chi connectivity index (χ0v) is 11.3. The Kier molecular flexibility index (Phi) is 4.41. The van der Waals surface area contributed by atoms with Gasteiger partial charge in [-0.1, -0.05) is 0 Å². The number of benzene rings is 1. The highest BCUT2D eigenvalue weighted by Crippen LogP contribution is 2.18. The molecule has 0 bridgehead atoms. The molecule has 1 heterocycles. The summed E-state index contributed by atoms with van der Waals surface area (Å²) in [6.45, 7) is 1.04. The van der Waals surface area contributed by atoms with Gasteiger partial charge in [0.15, 0.2) is 0 Å². The van der Waals surface area contributed by atoms with Crippen molar-refractivity contribution in [3.63, 3.8) is 0 Å². The van der Waals surface area contributed by atoms with Gasteiger partial charge in [0.2, 0.25) is 0 Å². The lowest BCUT2D eigenvalue weighted by atomic mass is 10.3. The molecule has 1 aromatic carbocycles. The van der Waals surface area contributed by atoms with Gasteiger partial charge < -0.3 is 19.8 Å². The Morgan fingerprint density at radius 1 is 1.21 bits per heavy atom. The fraction of sp³-hybridized carbons (Fsp3) is 0.357. The third kappa shape index (κ3) is 3.48. The van der Waals surface area contributed by atoms with Crippen LogP contribution in [0.15, 0.2) is 30.5 Å². The van der Waals surface area contributed by atoms with E-state index in [2.05, 4.69) is 4.98 Å². The van der Waals surface area contributed by atoms with Crippen molar-refractivity contribution in [2.75, 3.05) is 13.7 Å². The first-order valence-electron chi connectivity index (χ1n) is 6.21. The highest BCUT2D eigenvalue weighted by atomic mass is 16.5. The number of methoxy groups -OCH3 is 1. The Balaban J connectivity index is 1.97. The van der Waals surface area contributed by atoms with E-state index in [0.717, 1.165) is 29.4 Å². The second-order valence-electron chi connectivity index (χ2n) is 4.26. The molecule has 0 radical (unpaired) electrons. The number of aryl methyl sites for hydroxylation is 1. The van der Waals surface area contributed by atoms with E-state index in [0.29, 0.717) is 13.2 Å². The average molecular weight is 261 g/mol. The second-order valence-corrected chi connectivity index (χ2v) is 4.26. The summed E-state index contributed by atoms with van der Waals surface area (Å²) in [4.78, 5) is 4.48. The topological polar surface area (TPSA) is 62.3 Å². The van der Waals surface area contributed by atoms with Crippen LogP contribution in [0.5, 0.6) is 11.5 Å². The van der Waals surface area contributed by atoms with Crippen LogP contribution in [0.2, 0.25) is 0 Å². The number of ether oxygens (including phenoxy) is 2. The molecule has 0 aliphatic carbocycles. The average Bonchev–Trinajstić information content (AvgIpc) is 2.78. The summed E-state index contributed by atoms with van der Waals surface area (Å²) in [6.07, 6.45) is 2.77. The molecule has 0 saturated heterocycles. The standard InChI is InChI=1S/C14H19N3O2/c1-17-9-11(7-8-15)16-14(17)10-19-13-5-3-12(18-2)4-6-13/h3-6,9H,7-8,10,15H2,1-2H3.